The van der Waals surface area contributed by atoms with Crippen molar-refractivity contribution in [1.82, 2.24) is 4.72 Å². The van der Waals surface area contributed by atoms with Gasteiger partial charge in [-0.1, -0.05) is 6.07 Å². The van der Waals surface area contributed by atoms with Gasteiger partial charge in [0, 0.05) is 12.3 Å². The van der Waals surface area contributed by atoms with Crippen LogP contribution in [0.25, 0.3) is 0 Å². The maximum absolute atomic E-state index is 11.7. The van der Waals surface area contributed by atoms with Crippen LogP contribution >= 0.6 is 0 Å². The lowest BCUT2D eigenvalue weighted by atomic mass is 10.1. The molecule has 1 unspecified atom stereocenters. The fourth-order valence-corrected chi connectivity index (χ4v) is 2.67. The first-order valence-electron chi connectivity index (χ1n) is 5.91. The minimum absolute atomic E-state index is 0.260. The molecule has 1 heterocycles. The molecule has 0 saturated carbocycles. The van der Waals surface area contributed by atoms with Crippen LogP contribution in [-0.4, -0.2) is 34.7 Å². The van der Waals surface area contributed by atoms with E-state index in [0.717, 1.165) is 24.3 Å². The Labute approximate surface area is 108 Å². The van der Waals surface area contributed by atoms with Gasteiger partial charge >= 0.3 is 0 Å². The topological polar surface area (TPSA) is 67.4 Å². The third kappa shape index (κ3) is 2.82. The number of anilines is 1. The van der Waals surface area contributed by atoms with Crippen molar-refractivity contribution in [2.75, 3.05) is 25.6 Å². The molecule has 1 aromatic rings. The van der Waals surface area contributed by atoms with Crippen LogP contribution in [0.3, 0.4) is 0 Å². The van der Waals surface area contributed by atoms with Gasteiger partial charge in [0.25, 0.3) is 0 Å². The quantitative estimate of drug-likeness (QED) is 0.860. The van der Waals surface area contributed by atoms with Crippen molar-refractivity contribution in [1.29, 1.82) is 0 Å². The van der Waals surface area contributed by atoms with Crippen molar-refractivity contribution in [3.8, 4) is 0 Å². The van der Waals surface area contributed by atoms with E-state index in [9.17, 15) is 8.42 Å². The molecule has 6 heteroatoms. The maximum Gasteiger partial charge on any atom is 0.240 e. The molecule has 0 amide bonds. The van der Waals surface area contributed by atoms with E-state index >= 15 is 0 Å². The van der Waals surface area contributed by atoms with Gasteiger partial charge in [0.15, 0.2) is 0 Å². The van der Waals surface area contributed by atoms with Crippen LogP contribution in [0.1, 0.15) is 12.0 Å². The van der Waals surface area contributed by atoms with Gasteiger partial charge in [-0.25, -0.2) is 13.1 Å². The first kappa shape index (κ1) is 13.3. The van der Waals surface area contributed by atoms with Gasteiger partial charge in [0.2, 0.25) is 10.0 Å². The second-order valence-corrected chi connectivity index (χ2v) is 6.28. The summed E-state index contributed by atoms with van der Waals surface area (Å²) in [5.74, 6) is 0. The average Bonchev–Trinajstić information content (AvgIpc) is 2.84. The van der Waals surface area contributed by atoms with Crippen molar-refractivity contribution >= 4 is 15.7 Å². The van der Waals surface area contributed by atoms with Crippen molar-refractivity contribution in [2.45, 2.75) is 24.3 Å². The lowest BCUT2D eigenvalue weighted by Crippen LogP contribution is -2.21. The van der Waals surface area contributed by atoms with E-state index in [1.807, 2.05) is 13.0 Å². The normalized spacial score (nSPS) is 20.0. The molecule has 0 aliphatic carbocycles. The van der Waals surface area contributed by atoms with Gasteiger partial charge in [-0.15, -0.1) is 0 Å². The average molecular weight is 270 g/mol. The molecule has 5 nitrogen and oxygen atoms in total. The number of sulfonamides is 1. The molecule has 0 aromatic heterocycles. The van der Waals surface area contributed by atoms with E-state index in [1.165, 1.54) is 7.05 Å². The number of hydrogen-bond acceptors (Lipinski definition) is 4. The van der Waals surface area contributed by atoms with Crippen molar-refractivity contribution < 1.29 is 13.2 Å². The van der Waals surface area contributed by atoms with Crippen LogP contribution < -0.4 is 10.0 Å². The Kier molecular flexibility index (Phi) is 3.89. The number of nitrogens with one attached hydrogen (secondary N) is 2. The zero-order valence-electron chi connectivity index (χ0n) is 10.6. The molecular formula is C12H18N2O3S. The van der Waals surface area contributed by atoms with Gasteiger partial charge in [0.1, 0.15) is 0 Å². The third-order valence-corrected chi connectivity index (χ3v) is 4.49. The molecule has 0 bridgehead atoms. The predicted molar refractivity (Wildman–Crippen MR) is 70.3 cm³/mol. The first-order valence-corrected chi connectivity index (χ1v) is 7.40. The molecule has 2 N–H and O–H groups in total. The highest BCUT2D eigenvalue weighted by Crippen LogP contribution is 2.22. The fourth-order valence-electron chi connectivity index (χ4n) is 1.91. The van der Waals surface area contributed by atoms with E-state index in [1.54, 1.807) is 12.1 Å². The fraction of sp³-hybridized carbons (Fsp3) is 0.500. The van der Waals surface area contributed by atoms with E-state index in [-0.39, 0.29) is 10.9 Å². The second kappa shape index (κ2) is 5.26. The van der Waals surface area contributed by atoms with Gasteiger partial charge in [-0.2, -0.15) is 0 Å². The van der Waals surface area contributed by atoms with Crippen LogP contribution in [0.4, 0.5) is 5.69 Å². The first-order chi connectivity index (χ1) is 8.53. The van der Waals surface area contributed by atoms with Crippen LogP contribution in [0.5, 0.6) is 0 Å². The van der Waals surface area contributed by atoms with Crippen molar-refractivity contribution in [3.05, 3.63) is 23.8 Å². The summed E-state index contributed by atoms with van der Waals surface area (Å²) in [5.41, 5.74) is 1.87. The van der Waals surface area contributed by atoms with Gasteiger partial charge in [-0.3, -0.25) is 0 Å². The Hall–Kier alpha value is -1.11. The monoisotopic (exact) mass is 270 g/mol. The minimum Gasteiger partial charge on any atom is -0.380 e. The predicted octanol–water partition coefficient (Wildman–Crippen LogP) is 1.10. The highest BCUT2D eigenvalue weighted by Gasteiger charge is 2.18. The highest BCUT2D eigenvalue weighted by molar-refractivity contribution is 7.89. The Morgan fingerprint density at radius 2 is 2.17 bits per heavy atom. The summed E-state index contributed by atoms with van der Waals surface area (Å²) >= 11 is 0. The number of hydrogen-bond donors (Lipinski definition) is 2. The van der Waals surface area contributed by atoms with Crippen LogP contribution in [-0.2, 0) is 14.8 Å². The Balaban J connectivity index is 2.26. The number of benzene rings is 1. The van der Waals surface area contributed by atoms with Crippen molar-refractivity contribution in [3.63, 3.8) is 0 Å². The zero-order chi connectivity index (χ0) is 13.2. The molecule has 1 atom stereocenters. The zero-order valence-corrected chi connectivity index (χ0v) is 11.4. The van der Waals surface area contributed by atoms with E-state index < -0.39 is 10.0 Å². The molecule has 1 aliphatic rings. The molecule has 0 spiro atoms. The van der Waals surface area contributed by atoms with Crippen LogP contribution in [0, 0.1) is 6.92 Å². The molecule has 18 heavy (non-hydrogen) atoms. The smallest absolute Gasteiger partial charge is 0.240 e. The third-order valence-electron chi connectivity index (χ3n) is 3.08. The lowest BCUT2D eigenvalue weighted by Gasteiger charge is -2.15. The number of aryl methyl sites for hydroxylation is 1. The van der Waals surface area contributed by atoms with Crippen molar-refractivity contribution in [2.24, 2.45) is 0 Å². The van der Waals surface area contributed by atoms with Crippen LogP contribution in [0.15, 0.2) is 23.1 Å². The molecule has 1 aromatic carbocycles. The summed E-state index contributed by atoms with van der Waals surface area (Å²) in [4.78, 5) is 0.275. The van der Waals surface area contributed by atoms with Gasteiger partial charge in [0.05, 0.1) is 17.5 Å². The van der Waals surface area contributed by atoms with Crippen LogP contribution in [0.2, 0.25) is 0 Å². The maximum atomic E-state index is 11.7. The molecule has 1 saturated heterocycles. The Morgan fingerprint density at radius 1 is 1.39 bits per heavy atom. The molecule has 1 aliphatic heterocycles. The summed E-state index contributed by atoms with van der Waals surface area (Å²) in [7, 11) is -1.98. The molecule has 0 radical (unpaired) electrons. The van der Waals surface area contributed by atoms with Gasteiger partial charge < -0.3 is 10.1 Å². The minimum atomic E-state index is -3.39. The standard InChI is InChI=1S/C12H18N2O3S/c1-9-3-4-11(18(15,16)13-2)7-12(9)14-10-5-6-17-8-10/h3-4,7,10,13-14H,5-6,8H2,1-2H3. The summed E-state index contributed by atoms with van der Waals surface area (Å²) < 4.78 is 31.1. The van der Waals surface area contributed by atoms with E-state index in [4.69, 9.17) is 4.74 Å². The molecule has 2 rings (SSSR count). The summed E-state index contributed by atoms with van der Waals surface area (Å²) in [6.45, 7) is 3.38. The summed E-state index contributed by atoms with van der Waals surface area (Å²) in [5, 5.41) is 3.33. The lowest BCUT2D eigenvalue weighted by molar-refractivity contribution is 0.195. The molecular weight excluding hydrogens is 252 g/mol. The molecule has 100 valence electrons. The second-order valence-electron chi connectivity index (χ2n) is 4.39. The van der Waals surface area contributed by atoms with E-state index in [0.29, 0.717) is 6.61 Å². The summed E-state index contributed by atoms with van der Waals surface area (Å²) in [6, 6.07) is 5.34. The number of rotatable bonds is 4. The van der Waals surface area contributed by atoms with Gasteiger partial charge in [-0.05, 0) is 38.1 Å². The number of ether oxygens (including phenoxy) is 1. The summed E-state index contributed by atoms with van der Waals surface area (Å²) in [6.07, 6.45) is 0.947. The SMILES string of the molecule is CNS(=O)(=O)c1ccc(C)c(NC2CCOC2)c1. The largest absolute Gasteiger partial charge is 0.380 e. The Bertz CT molecular complexity index is 522. The highest BCUT2D eigenvalue weighted by atomic mass is 32.2. The van der Waals surface area contributed by atoms with E-state index in [2.05, 4.69) is 10.0 Å². The Morgan fingerprint density at radius 3 is 2.78 bits per heavy atom. The molecule has 1 fully saturated rings.